The van der Waals surface area contributed by atoms with Crippen molar-refractivity contribution >= 4 is 46.4 Å². The normalized spacial score (nSPS) is 12.9. The van der Waals surface area contributed by atoms with Gasteiger partial charge in [-0.25, -0.2) is 0 Å². The second-order valence-corrected chi connectivity index (χ2v) is 6.96. The fraction of sp³-hybridized carbons (Fsp3) is 0.250. The summed E-state index contributed by atoms with van der Waals surface area (Å²) in [7, 11) is 3.00. The molecule has 0 aliphatic carbocycles. The number of halogens is 2. The zero-order valence-corrected chi connectivity index (χ0v) is 16.8. The lowest BCUT2D eigenvalue weighted by atomic mass is 10.3. The predicted molar refractivity (Wildman–Crippen MR) is 101 cm³/mol. The standard InChI is InChI=1S/C16H14Cl2N4O4S/c1-8(26-11-5-4-9(17)6-10(11)18)14(23)20-16-21-15-19-12(24-2)7-13(25-3)22(15)27-16/h4-8H,1-3H3. The van der Waals surface area contributed by atoms with Crippen LogP contribution in [-0.2, 0) is 4.79 Å². The number of carbonyl (C=O) groups is 1. The maximum atomic E-state index is 12.4. The third kappa shape index (κ3) is 4.32. The van der Waals surface area contributed by atoms with Crippen molar-refractivity contribution in [3.8, 4) is 17.5 Å². The summed E-state index contributed by atoms with van der Waals surface area (Å²) < 4.78 is 17.5. The van der Waals surface area contributed by atoms with Crippen LogP contribution in [0.2, 0.25) is 10.0 Å². The van der Waals surface area contributed by atoms with Crippen molar-refractivity contribution in [1.29, 1.82) is 0 Å². The maximum absolute atomic E-state index is 12.4. The zero-order chi connectivity index (χ0) is 19.6. The molecule has 0 saturated heterocycles. The van der Waals surface area contributed by atoms with E-state index in [1.165, 1.54) is 20.3 Å². The molecule has 142 valence electrons. The number of amides is 1. The highest BCUT2D eigenvalue weighted by Crippen LogP contribution is 2.28. The van der Waals surface area contributed by atoms with Crippen LogP contribution in [0.15, 0.2) is 29.3 Å². The molecule has 1 aromatic carbocycles. The lowest BCUT2D eigenvalue weighted by molar-refractivity contribution is -0.124. The first kappa shape index (κ1) is 19.4. The third-order valence-corrected chi connectivity index (χ3v) is 4.78. The van der Waals surface area contributed by atoms with Gasteiger partial charge in [-0.2, -0.15) is 18.8 Å². The maximum Gasteiger partial charge on any atom is 0.289 e. The average Bonchev–Trinajstić information content (AvgIpc) is 3.05. The molecule has 1 amide bonds. The number of hydrogen-bond acceptors (Lipinski definition) is 7. The average molecular weight is 429 g/mol. The Morgan fingerprint density at radius 2 is 2.00 bits per heavy atom. The van der Waals surface area contributed by atoms with Gasteiger partial charge in [0.25, 0.3) is 11.7 Å². The summed E-state index contributed by atoms with van der Waals surface area (Å²) >= 11 is 13.0. The van der Waals surface area contributed by atoms with Crippen molar-refractivity contribution in [2.45, 2.75) is 13.0 Å². The number of carbonyl (C=O) groups excluding carboxylic acids is 1. The summed E-state index contributed by atoms with van der Waals surface area (Å²) in [4.78, 5) is 25.0. The molecule has 0 bridgehead atoms. The summed E-state index contributed by atoms with van der Waals surface area (Å²) in [5.41, 5.74) is 0. The highest BCUT2D eigenvalue weighted by atomic mass is 35.5. The van der Waals surface area contributed by atoms with Gasteiger partial charge in [0.1, 0.15) is 5.75 Å². The first-order chi connectivity index (χ1) is 12.9. The SMILES string of the molecule is COc1cc(OC)n2sc(=NC(=O)C(C)Oc3ccc(Cl)cc3Cl)nc2n1. The number of methoxy groups -OCH3 is 2. The van der Waals surface area contributed by atoms with E-state index in [-0.39, 0.29) is 4.80 Å². The summed E-state index contributed by atoms with van der Waals surface area (Å²) in [6.07, 6.45) is -0.870. The van der Waals surface area contributed by atoms with E-state index in [0.29, 0.717) is 33.3 Å². The summed E-state index contributed by atoms with van der Waals surface area (Å²) in [5, 5.41) is 0.776. The Balaban J connectivity index is 1.87. The van der Waals surface area contributed by atoms with Crippen LogP contribution in [0.3, 0.4) is 0 Å². The van der Waals surface area contributed by atoms with Crippen LogP contribution in [0.5, 0.6) is 17.5 Å². The second-order valence-electron chi connectivity index (χ2n) is 5.21. The molecule has 0 saturated carbocycles. The molecular formula is C16H14Cl2N4O4S. The third-order valence-electron chi connectivity index (χ3n) is 3.38. The van der Waals surface area contributed by atoms with Crippen LogP contribution in [0.4, 0.5) is 0 Å². The topological polar surface area (TPSA) is 87.3 Å². The largest absolute Gasteiger partial charge is 0.481 e. The fourth-order valence-electron chi connectivity index (χ4n) is 2.07. The van der Waals surface area contributed by atoms with Crippen LogP contribution in [0.25, 0.3) is 5.78 Å². The molecule has 11 heteroatoms. The van der Waals surface area contributed by atoms with E-state index >= 15 is 0 Å². The van der Waals surface area contributed by atoms with Gasteiger partial charge in [-0.3, -0.25) is 4.79 Å². The number of rotatable bonds is 5. The molecule has 0 spiro atoms. The van der Waals surface area contributed by atoms with E-state index in [9.17, 15) is 4.79 Å². The lowest BCUT2D eigenvalue weighted by Gasteiger charge is -2.12. The van der Waals surface area contributed by atoms with Crippen LogP contribution in [0, 0.1) is 0 Å². The van der Waals surface area contributed by atoms with Gasteiger partial charge < -0.3 is 14.2 Å². The Morgan fingerprint density at radius 1 is 1.22 bits per heavy atom. The van der Waals surface area contributed by atoms with Crippen LogP contribution >= 0.6 is 34.7 Å². The highest BCUT2D eigenvalue weighted by molar-refractivity contribution is 7.03. The Morgan fingerprint density at radius 3 is 2.67 bits per heavy atom. The summed E-state index contributed by atoms with van der Waals surface area (Å²) in [6.45, 7) is 1.57. The fourth-order valence-corrected chi connectivity index (χ4v) is 3.32. The van der Waals surface area contributed by atoms with Crippen molar-refractivity contribution < 1.29 is 19.0 Å². The first-order valence-electron chi connectivity index (χ1n) is 7.60. The van der Waals surface area contributed by atoms with Gasteiger partial charge in [-0.15, -0.1) is 0 Å². The molecule has 2 aromatic heterocycles. The lowest BCUT2D eigenvalue weighted by Crippen LogP contribution is -2.24. The smallest absolute Gasteiger partial charge is 0.289 e. The van der Waals surface area contributed by atoms with E-state index in [4.69, 9.17) is 37.4 Å². The molecule has 1 atom stereocenters. The molecule has 2 heterocycles. The van der Waals surface area contributed by atoms with Crippen molar-refractivity contribution in [1.82, 2.24) is 13.8 Å². The number of fused-ring (bicyclic) bond motifs is 1. The van der Waals surface area contributed by atoms with E-state index < -0.39 is 12.0 Å². The molecular weight excluding hydrogens is 415 g/mol. The molecule has 8 nitrogen and oxygen atoms in total. The minimum atomic E-state index is -0.870. The first-order valence-corrected chi connectivity index (χ1v) is 9.13. The van der Waals surface area contributed by atoms with Crippen molar-refractivity contribution in [3.63, 3.8) is 0 Å². The number of aromatic nitrogens is 3. The van der Waals surface area contributed by atoms with Crippen LogP contribution < -0.4 is 19.0 Å². The van der Waals surface area contributed by atoms with Gasteiger partial charge in [-0.05, 0) is 36.7 Å². The van der Waals surface area contributed by atoms with E-state index in [1.54, 1.807) is 28.9 Å². The molecule has 1 unspecified atom stereocenters. The minimum absolute atomic E-state index is 0.205. The minimum Gasteiger partial charge on any atom is -0.481 e. The monoisotopic (exact) mass is 428 g/mol. The van der Waals surface area contributed by atoms with Gasteiger partial charge in [-0.1, -0.05) is 23.2 Å². The summed E-state index contributed by atoms with van der Waals surface area (Å²) in [5.74, 6) is 0.914. The molecule has 3 rings (SSSR count). The second kappa shape index (κ2) is 8.12. The van der Waals surface area contributed by atoms with Gasteiger partial charge in [0.2, 0.25) is 16.6 Å². The van der Waals surface area contributed by atoms with E-state index in [2.05, 4.69) is 15.0 Å². The predicted octanol–water partition coefficient (Wildman–Crippen LogP) is 3.01. The quantitative estimate of drug-likeness (QED) is 0.620. The molecule has 0 radical (unpaired) electrons. The van der Waals surface area contributed by atoms with Crippen molar-refractivity contribution in [3.05, 3.63) is 39.1 Å². The summed E-state index contributed by atoms with van der Waals surface area (Å²) in [6, 6.07) is 6.34. The van der Waals surface area contributed by atoms with Gasteiger partial charge in [0.05, 0.1) is 25.3 Å². The highest BCUT2D eigenvalue weighted by Gasteiger charge is 2.17. The zero-order valence-electron chi connectivity index (χ0n) is 14.5. The number of benzene rings is 1. The Bertz CT molecular complexity index is 1070. The Labute approximate surface area is 168 Å². The number of ether oxygens (including phenoxy) is 3. The van der Waals surface area contributed by atoms with Gasteiger partial charge >= 0.3 is 0 Å². The van der Waals surface area contributed by atoms with Crippen molar-refractivity contribution in [2.75, 3.05) is 14.2 Å². The van der Waals surface area contributed by atoms with Gasteiger partial charge in [0.15, 0.2) is 6.10 Å². The Hall–Kier alpha value is -2.36. The molecule has 3 aromatic rings. The van der Waals surface area contributed by atoms with Crippen LogP contribution in [-0.4, -0.2) is 40.0 Å². The Kier molecular flexibility index (Phi) is 5.83. The van der Waals surface area contributed by atoms with Gasteiger partial charge in [0, 0.05) is 5.02 Å². The number of nitrogens with zero attached hydrogens (tertiary/aromatic N) is 4. The molecule has 27 heavy (non-hydrogen) atoms. The number of hydrogen-bond donors (Lipinski definition) is 0. The van der Waals surface area contributed by atoms with Crippen molar-refractivity contribution in [2.24, 2.45) is 4.99 Å². The van der Waals surface area contributed by atoms with E-state index in [0.717, 1.165) is 11.5 Å². The molecule has 0 fully saturated rings. The molecule has 0 N–H and O–H groups in total. The molecule has 0 aliphatic heterocycles. The molecule has 0 aliphatic rings. The van der Waals surface area contributed by atoms with E-state index in [1.807, 2.05) is 0 Å². The van der Waals surface area contributed by atoms with Crippen LogP contribution in [0.1, 0.15) is 6.92 Å².